The van der Waals surface area contributed by atoms with E-state index in [1.165, 1.54) is 12.1 Å². The van der Waals surface area contributed by atoms with E-state index in [0.29, 0.717) is 18.8 Å². The lowest BCUT2D eigenvalue weighted by Crippen LogP contribution is -2.13. The van der Waals surface area contributed by atoms with Gasteiger partial charge in [0, 0.05) is 25.9 Å². The van der Waals surface area contributed by atoms with Crippen molar-refractivity contribution in [3.63, 3.8) is 0 Å². The van der Waals surface area contributed by atoms with Gasteiger partial charge >= 0.3 is 0 Å². The first-order valence-electron chi connectivity index (χ1n) is 6.52. The highest BCUT2D eigenvalue weighted by molar-refractivity contribution is 7.89. The molecule has 1 aromatic heterocycles. The lowest BCUT2D eigenvalue weighted by Gasteiger charge is -2.13. The van der Waals surface area contributed by atoms with Crippen LogP contribution in [0.1, 0.15) is 17.0 Å². The van der Waals surface area contributed by atoms with E-state index in [1.54, 1.807) is 20.0 Å². The minimum Gasteiger partial charge on any atom is -0.493 e. The van der Waals surface area contributed by atoms with Crippen LogP contribution in [0.25, 0.3) is 0 Å². The summed E-state index contributed by atoms with van der Waals surface area (Å²) >= 11 is 0. The van der Waals surface area contributed by atoms with Crippen LogP contribution >= 0.6 is 0 Å². The summed E-state index contributed by atoms with van der Waals surface area (Å²) < 4.78 is 30.5. The van der Waals surface area contributed by atoms with E-state index >= 15 is 0 Å². The van der Waals surface area contributed by atoms with E-state index in [4.69, 9.17) is 9.88 Å². The number of benzene rings is 1. The molecule has 0 aliphatic heterocycles. The molecule has 1 aromatic carbocycles. The summed E-state index contributed by atoms with van der Waals surface area (Å²) in [5.74, 6) is 1.63. The second-order valence-electron chi connectivity index (χ2n) is 4.98. The Balaban J connectivity index is 2.12. The molecule has 7 heteroatoms. The zero-order valence-corrected chi connectivity index (χ0v) is 13.1. The molecule has 0 fully saturated rings. The van der Waals surface area contributed by atoms with Crippen molar-refractivity contribution < 1.29 is 13.2 Å². The smallest absolute Gasteiger partial charge is 0.238 e. The highest BCUT2D eigenvalue weighted by Crippen LogP contribution is 2.26. The second-order valence-corrected chi connectivity index (χ2v) is 6.55. The molecule has 0 unspecified atom stereocenters. The van der Waals surface area contributed by atoms with Crippen molar-refractivity contribution in [3.8, 4) is 5.75 Å². The summed E-state index contributed by atoms with van der Waals surface area (Å²) in [5, 5.41) is 5.15. The number of ether oxygens (including phenoxy) is 1. The molecular formula is C14H19N3O3S. The summed E-state index contributed by atoms with van der Waals surface area (Å²) in [6.07, 6.45) is 4.30. The first-order chi connectivity index (χ1) is 9.79. The van der Waals surface area contributed by atoms with Crippen LogP contribution in [0.4, 0.5) is 0 Å². The highest BCUT2D eigenvalue weighted by atomic mass is 32.2. The maximum Gasteiger partial charge on any atom is 0.238 e. The molecule has 0 spiro atoms. The SMILES string of the molecule is Cc1cc(S(N)(=O)=O)cc(C)c1OCCc1nccn1C. The summed E-state index contributed by atoms with van der Waals surface area (Å²) in [5.41, 5.74) is 1.50. The highest BCUT2D eigenvalue weighted by Gasteiger charge is 2.13. The van der Waals surface area contributed by atoms with Gasteiger partial charge < -0.3 is 9.30 Å². The molecule has 0 radical (unpaired) electrons. The van der Waals surface area contributed by atoms with E-state index in [-0.39, 0.29) is 4.90 Å². The summed E-state index contributed by atoms with van der Waals surface area (Å²) in [4.78, 5) is 4.33. The third-order valence-electron chi connectivity index (χ3n) is 3.26. The average molecular weight is 309 g/mol. The Morgan fingerprint density at radius 1 is 1.29 bits per heavy atom. The molecule has 0 amide bonds. The minimum atomic E-state index is -3.70. The summed E-state index contributed by atoms with van der Waals surface area (Å²) in [6, 6.07) is 3.05. The molecule has 2 N–H and O–H groups in total. The standard InChI is InChI=1S/C14H19N3O3S/c1-10-8-12(21(15,18)19)9-11(2)14(10)20-7-4-13-16-5-6-17(13)3/h5-6,8-9H,4,7H2,1-3H3,(H2,15,18,19). The Hall–Kier alpha value is -1.86. The van der Waals surface area contributed by atoms with E-state index in [1.807, 2.05) is 17.8 Å². The van der Waals surface area contributed by atoms with Gasteiger partial charge in [-0.3, -0.25) is 0 Å². The predicted molar refractivity (Wildman–Crippen MR) is 79.7 cm³/mol. The van der Waals surface area contributed by atoms with Crippen molar-refractivity contribution in [1.82, 2.24) is 9.55 Å². The normalized spacial score (nSPS) is 11.6. The number of sulfonamides is 1. The molecule has 0 atom stereocenters. The average Bonchev–Trinajstić information content (AvgIpc) is 2.77. The molecule has 0 aliphatic carbocycles. The van der Waals surface area contributed by atoms with Gasteiger partial charge in [-0.15, -0.1) is 0 Å². The Bertz CT molecular complexity index is 728. The topological polar surface area (TPSA) is 87.2 Å². The van der Waals surface area contributed by atoms with Crippen molar-refractivity contribution in [3.05, 3.63) is 41.5 Å². The van der Waals surface area contributed by atoms with E-state index < -0.39 is 10.0 Å². The molecule has 1 heterocycles. The van der Waals surface area contributed by atoms with Crippen LogP contribution in [-0.4, -0.2) is 24.6 Å². The van der Waals surface area contributed by atoms with E-state index in [2.05, 4.69) is 4.98 Å². The zero-order chi connectivity index (χ0) is 15.6. The molecule has 2 aromatic rings. The van der Waals surface area contributed by atoms with Gasteiger partial charge in [-0.2, -0.15) is 0 Å². The van der Waals surface area contributed by atoms with Gasteiger partial charge in [0.1, 0.15) is 11.6 Å². The number of primary sulfonamides is 1. The number of rotatable bonds is 5. The van der Waals surface area contributed by atoms with Crippen LogP contribution in [0.2, 0.25) is 0 Å². The molecule has 6 nitrogen and oxygen atoms in total. The Morgan fingerprint density at radius 3 is 2.38 bits per heavy atom. The van der Waals surface area contributed by atoms with Gasteiger partial charge in [0.2, 0.25) is 10.0 Å². The third-order valence-corrected chi connectivity index (χ3v) is 4.15. The van der Waals surface area contributed by atoms with Crippen molar-refractivity contribution in [2.75, 3.05) is 6.61 Å². The van der Waals surface area contributed by atoms with Crippen molar-refractivity contribution in [1.29, 1.82) is 0 Å². The van der Waals surface area contributed by atoms with Gasteiger partial charge in [-0.1, -0.05) is 0 Å². The summed E-state index contributed by atoms with van der Waals surface area (Å²) in [6.45, 7) is 4.08. The number of aromatic nitrogens is 2. The molecule has 114 valence electrons. The number of aryl methyl sites for hydroxylation is 3. The van der Waals surface area contributed by atoms with Gasteiger partial charge in [0.05, 0.1) is 11.5 Å². The van der Waals surface area contributed by atoms with Crippen LogP contribution < -0.4 is 9.88 Å². The molecule has 0 bridgehead atoms. The van der Waals surface area contributed by atoms with Gasteiger partial charge in [-0.05, 0) is 37.1 Å². The van der Waals surface area contributed by atoms with Crippen molar-refractivity contribution >= 4 is 10.0 Å². The van der Waals surface area contributed by atoms with Crippen molar-refractivity contribution in [2.45, 2.75) is 25.2 Å². The molecular weight excluding hydrogens is 290 g/mol. The summed E-state index contributed by atoms with van der Waals surface area (Å²) in [7, 11) is -1.76. The van der Waals surface area contributed by atoms with Crippen LogP contribution in [0.5, 0.6) is 5.75 Å². The van der Waals surface area contributed by atoms with Crippen molar-refractivity contribution in [2.24, 2.45) is 12.2 Å². The van der Waals surface area contributed by atoms with Gasteiger partial charge in [0.15, 0.2) is 0 Å². The van der Waals surface area contributed by atoms with E-state index in [0.717, 1.165) is 17.0 Å². The van der Waals surface area contributed by atoms with Crippen LogP contribution in [0.3, 0.4) is 0 Å². The van der Waals surface area contributed by atoms with Gasteiger partial charge in [-0.25, -0.2) is 18.5 Å². The van der Waals surface area contributed by atoms with Crippen LogP contribution in [0.15, 0.2) is 29.4 Å². The molecule has 0 aliphatic rings. The van der Waals surface area contributed by atoms with E-state index in [9.17, 15) is 8.42 Å². The third kappa shape index (κ3) is 3.62. The van der Waals surface area contributed by atoms with Crippen LogP contribution in [-0.2, 0) is 23.5 Å². The van der Waals surface area contributed by atoms with Crippen LogP contribution in [0, 0.1) is 13.8 Å². The first-order valence-corrected chi connectivity index (χ1v) is 8.06. The Kier molecular flexibility index (Phi) is 4.34. The number of hydrogen-bond acceptors (Lipinski definition) is 4. The molecule has 2 rings (SSSR count). The minimum absolute atomic E-state index is 0.106. The fourth-order valence-electron chi connectivity index (χ4n) is 2.18. The maximum atomic E-state index is 11.4. The quantitative estimate of drug-likeness (QED) is 0.902. The monoisotopic (exact) mass is 309 g/mol. The Morgan fingerprint density at radius 2 is 1.90 bits per heavy atom. The second kappa shape index (κ2) is 5.87. The number of imidazole rings is 1. The number of hydrogen-bond donors (Lipinski definition) is 1. The fraction of sp³-hybridized carbons (Fsp3) is 0.357. The lowest BCUT2D eigenvalue weighted by atomic mass is 10.1. The zero-order valence-electron chi connectivity index (χ0n) is 12.3. The predicted octanol–water partition coefficient (Wildman–Crippen LogP) is 1.31. The maximum absolute atomic E-state index is 11.4. The van der Waals surface area contributed by atoms with Gasteiger partial charge in [0.25, 0.3) is 0 Å². The number of nitrogens with zero attached hydrogens (tertiary/aromatic N) is 2. The first kappa shape index (κ1) is 15.5. The number of nitrogens with two attached hydrogens (primary N) is 1. The Labute approximate surface area is 124 Å². The largest absolute Gasteiger partial charge is 0.493 e. The fourth-order valence-corrected chi connectivity index (χ4v) is 2.87. The lowest BCUT2D eigenvalue weighted by molar-refractivity contribution is 0.313. The molecule has 0 saturated heterocycles. The molecule has 21 heavy (non-hydrogen) atoms. The molecule has 0 saturated carbocycles.